The molecule has 1 aromatic carbocycles. The summed E-state index contributed by atoms with van der Waals surface area (Å²) in [7, 11) is 2.17. The maximum atomic E-state index is 5.88. The molecule has 1 atom stereocenters. The lowest BCUT2D eigenvalue weighted by Gasteiger charge is -2.32. The molecule has 1 aliphatic heterocycles. The lowest BCUT2D eigenvalue weighted by Crippen LogP contribution is -2.40. The molecule has 104 valence electrons. The van der Waals surface area contributed by atoms with Crippen molar-refractivity contribution in [1.82, 2.24) is 4.90 Å². The Labute approximate surface area is 128 Å². The Morgan fingerprint density at radius 2 is 2.32 bits per heavy atom. The van der Waals surface area contributed by atoms with Gasteiger partial charge in [-0.3, -0.25) is 0 Å². The van der Waals surface area contributed by atoms with E-state index in [0.29, 0.717) is 11.0 Å². The van der Waals surface area contributed by atoms with Gasteiger partial charge in [-0.05, 0) is 60.6 Å². The molecule has 0 saturated carbocycles. The lowest BCUT2D eigenvalue weighted by molar-refractivity contribution is 0.125. The monoisotopic (exact) mass is 342 g/mol. The Morgan fingerprint density at radius 1 is 1.53 bits per heavy atom. The van der Waals surface area contributed by atoms with Gasteiger partial charge in [0.05, 0.1) is 0 Å². The molecule has 1 heterocycles. The van der Waals surface area contributed by atoms with Crippen molar-refractivity contribution in [3.05, 3.63) is 28.2 Å². The summed E-state index contributed by atoms with van der Waals surface area (Å²) in [5.74, 6) is 0.853. The van der Waals surface area contributed by atoms with Crippen LogP contribution in [0.15, 0.2) is 22.7 Å². The van der Waals surface area contributed by atoms with Gasteiger partial charge < -0.3 is 15.4 Å². The summed E-state index contributed by atoms with van der Waals surface area (Å²) >= 11 is 8.44. The average molecular weight is 343 g/mol. The van der Waals surface area contributed by atoms with Crippen LogP contribution in [0.1, 0.15) is 24.8 Å². The number of likely N-dealkylation sites (tertiary alicyclic amines) is 1. The molecule has 0 aliphatic carbocycles. The summed E-state index contributed by atoms with van der Waals surface area (Å²) in [6.07, 6.45) is 3.80. The summed E-state index contributed by atoms with van der Waals surface area (Å²) in [4.78, 5) is 2.77. The Kier molecular flexibility index (Phi) is 5.19. The van der Waals surface area contributed by atoms with Crippen molar-refractivity contribution >= 4 is 33.1 Å². The minimum atomic E-state index is 0.394. The lowest BCUT2D eigenvalue weighted by atomic mass is 10.0. The molecule has 2 rings (SSSR count). The van der Waals surface area contributed by atoms with Crippen molar-refractivity contribution in [1.29, 1.82) is 0 Å². The first kappa shape index (κ1) is 14.8. The van der Waals surface area contributed by atoms with Crippen LogP contribution in [0.25, 0.3) is 0 Å². The molecule has 0 spiro atoms. The van der Waals surface area contributed by atoms with E-state index in [1.165, 1.54) is 19.3 Å². The van der Waals surface area contributed by atoms with Crippen LogP contribution >= 0.6 is 28.1 Å². The molecule has 0 amide bonds. The normalized spacial score (nSPS) is 20.2. The first-order valence-corrected chi connectivity index (χ1v) is 7.70. The summed E-state index contributed by atoms with van der Waals surface area (Å²) in [6, 6.07) is 6.26. The third-order valence-corrected chi connectivity index (χ3v) is 4.45. The molecular weight excluding hydrogens is 324 g/mol. The third-order valence-electron chi connectivity index (χ3n) is 3.57. The van der Waals surface area contributed by atoms with Crippen LogP contribution in [0, 0.1) is 0 Å². The van der Waals surface area contributed by atoms with Crippen LogP contribution in [0.4, 0.5) is 0 Å². The number of nitrogens with zero attached hydrogens (tertiary/aromatic N) is 1. The van der Waals surface area contributed by atoms with E-state index in [1.54, 1.807) is 0 Å². The number of nitrogens with two attached hydrogens (primary N) is 1. The highest BCUT2D eigenvalue weighted by Gasteiger charge is 2.19. The van der Waals surface area contributed by atoms with E-state index in [9.17, 15) is 0 Å². The number of hydrogen-bond donors (Lipinski definition) is 1. The Hall–Kier alpha value is -0.650. The van der Waals surface area contributed by atoms with Gasteiger partial charge in [-0.2, -0.15) is 0 Å². The highest BCUT2D eigenvalue weighted by atomic mass is 79.9. The Morgan fingerprint density at radius 3 is 2.95 bits per heavy atom. The topological polar surface area (TPSA) is 38.5 Å². The number of halogens is 1. The summed E-state index contributed by atoms with van der Waals surface area (Å²) in [6.45, 7) is 1.90. The van der Waals surface area contributed by atoms with Crippen molar-refractivity contribution in [3.8, 4) is 5.75 Å². The van der Waals surface area contributed by atoms with Gasteiger partial charge in [-0.15, -0.1) is 0 Å². The van der Waals surface area contributed by atoms with E-state index in [1.807, 2.05) is 18.2 Å². The standard InChI is InChI=1S/C14H19BrN2OS/c1-17-7-3-2-4-10(17)9-18-11-5-6-12(14(16)19)13(15)8-11/h5-6,8,10H,2-4,7,9H2,1H3,(H2,16,19). The molecule has 1 aromatic rings. The molecular formula is C14H19BrN2OS. The second-order valence-corrected chi connectivity index (χ2v) is 6.24. The molecule has 0 radical (unpaired) electrons. The van der Waals surface area contributed by atoms with Gasteiger partial charge in [0.2, 0.25) is 0 Å². The summed E-state index contributed by atoms with van der Waals surface area (Å²) in [5, 5.41) is 0. The molecule has 0 bridgehead atoms. The molecule has 2 N–H and O–H groups in total. The summed E-state index contributed by atoms with van der Waals surface area (Å²) in [5.41, 5.74) is 6.47. The molecule has 1 aliphatic rings. The number of thiocarbonyl (C=S) groups is 1. The fourth-order valence-electron chi connectivity index (χ4n) is 2.33. The van der Waals surface area contributed by atoms with Crippen molar-refractivity contribution in [2.45, 2.75) is 25.3 Å². The van der Waals surface area contributed by atoms with E-state index >= 15 is 0 Å². The van der Waals surface area contributed by atoms with E-state index in [2.05, 4.69) is 27.9 Å². The molecule has 0 aromatic heterocycles. The van der Waals surface area contributed by atoms with Crippen LogP contribution in [-0.4, -0.2) is 36.1 Å². The number of rotatable bonds is 4. The zero-order valence-corrected chi connectivity index (χ0v) is 13.5. The number of hydrogen-bond acceptors (Lipinski definition) is 3. The van der Waals surface area contributed by atoms with E-state index < -0.39 is 0 Å². The Bertz CT molecular complexity index is 467. The number of piperidine rings is 1. The second kappa shape index (κ2) is 6.68. The molecule has 1 unspecified atom stereocenters. The average Bonchev–Trinajstić information content (AvgIpc) is 2.37. The maximum Gasteiger partial charge on any atom is 0.120 e. The fraction of sp³-hybridized carbons (Fsp3) is 0.500. The van der Waals surface area contributed by atoms with Gasteiger partial charge in [-0.1, -0.05) is 18.6 Å². The smallest absolute Gasteiger partial charge is 0.120 e. The van der Waals surface area contributed by atoms with Crippen LogP contribution in [0.2, 0.25) is 0 Å². The number of ether oxygens (including phenoxy) is 1. The highest BCUT2D eigenvalue weighted by Crippen LogP contribution is 2.24. The van der Waals surface area contributed by atoms with Crippen molar-refractivity contribution in [2.24, 2.45) is 5.73 Å². The highest BCUT2D eigenvalue weighted by molar-refractivity contribution is 9.10. The van der Waals surface area contributed by atoms with Gasteiger partial charge in [0.1, 0.15) is 17.3 Å². The minimum absolute atomic E-state index is 0.394. The van der Waals surface area contributed by atoms with E-state index in [0.717, 1.165) is 28.9 Å². The molecule has 1 saturated heterocycles. The van der Waals surface area contributed by atoms with Crippen molar-refractivity contribution < 1.29 is 4.74 Å². The van der Waals surface area contributed by atoms with Crippen molar-refractivity contribution in [2.75, 3.05) is 20.2 Å². The minimum Gasteiger partial charge on any atom is -0.492 e. The van der Waals surface area contributed by atoms with Crippen LogP contribution < -0.4 is 10.5 Å². The van der Waals surface area contributed by atoms with Gasteiger partial charge in [0.25, 0.3) is 0 Å². The Balaban J connectivity index is 1.96. The third kappa shape index (κ3) is 3.91. The zero-order valence-electron chi connectivity index (χ0n) is 11.1. The SMILES string of the molecule is CN1CCCCC1COc1ccc(C(N)=S)c(Br)c1. The maximum absolute atomic E-state index is 5.88. The van der Waals surface area contributed by atoms with Crippen LogP contribution in [-0.2, 0) is 0 Å². The first-order valence-electron chi connectivity index (χ1n) is 6.50. The van der Waals surface area contributed by atoms with Crippen molar-refractivity contribution in [3.63, 3.8) is 0 Å². The van der Waals surface area contributed by atoms with Crippen LogP contribution in [0.3, 0.4) is 0 Å². The van der Waals surface area contributed by atoms with E-state index in [-0.39, 0.29) is 0 Å². The van der Waals surface area contributed by atoms with E-state index in [4.69, 9.17) is 22.7 Å². The summed E-state index contributed by atoms with van der Waals surface area (Å²) < 4.78 is 6.76. The number of likely N-dealkylation sites (N-methyl/N-ethyl adjacent to an activating group) is 1. The quantitative estimate of drug-likeness (QED) is 0.853. The predicted octanol–water partition coefficient (Wildman–Crippen LogP) is 2.95. The molecule has 3 nitrogen and oxygen atoms in total. The molecule has 5 heteroatoms. The predicted molar refractivity (Wildman–Crippen MR) is 85.8 cm³/mol. The molecule has 1 fully saturated rings. The van der Waals surface area contributed by atoms with Gasteiger partial charge in [0, 0.05) is 16.1 Å². The first-order chi connectivity index (χ1) is 9.08. The second-order valence-electron chi connectivity index (χ2n) is 4.95. The van der Waals surface area contributed by atoms with Gasteiger partial charge >= 0.3 is 0 Å². The zero-order chi connectivity index (χ0) is 13.8. The van der Waals surface area contributed by atoms with Gasteiger partial charge in [0.15, 0.2) is 0 Å². The number of benzene rings is 1. The fourth-order valence-corrected chi connectivity index (χ4v) is 3.21. The van der Waals surface area contributed by atoms with Crippen LogP contribution in [0.5, 0.6) is 5.75 Å². The van der Waals surface area contributed by atoms with Gasteiger partial charge in [-0.25, -0.2) is 0 Å². The molecule has 19 heavy (non-hydrogen) atoms. The largest absolute Gasteiger partial charge is 0.492 e.